The molecule has 0 aromatic heterocycles. The SMILES string of the molecule is Cc1cccc(NC(=O)N(CCC(=O)N[C@H](C)c2ccccc2)CC(C)C)c1. The maximum absolute atomic E-state index is 12.7. The molecule has 0 bridgehead atoms. The fourth-order valence-corrected chi connectivity index (χ4v) is 3.02. The molecule has 150 valence electrons. The summed E-state index contributed by atoms with van der Waals surface area (Å²) >= 11 is 0. The zero-order valence-electron chi connectivity index (χ0n) is 17.2. The summed E-state index contributed by atoms with van der Waals surface area (Å²) in [5.41, 5.74) is 2.91. The smallest absolute Gasteiger partial charge is 0.321 e. The normalized spacial score (nSPS) is 11.8. The zero-order chi connectivity index (χ0) is 20.5. The number of aryl methyl sites for hydroxylation is 1. The highest BCUT2D eigenvalue weighted by molar-refractivity contribution is 5.89. The molecule has 5 heteroatoms. The molecule has 3 amide bonds. The van der Waals surface area contributed by atoms with Gasteiger partial charge in [-0.1, -0.05) is 56.3 Å². The summed E-state index contributed by atoms with van der Waals surface area (Å²) in [7, 11) is 0. The number of nitrogens with one attached hydrogen (secondary N) is 2. The van der Waals surface area contributed by atoms with Crippen LogP contribution in [0.5, 0.6) is 0 Å². The van der Waals surface area contributed by atoms with Crippen LogP contribution in [0.15, 0.2) is 54.6 Å². The van der Waals surface area contributed by atoms with E-state index in [-0.39, 0.29) is 24.4 Å². The maximum Gasteiger partial charge on any atom is 0.321 e. The van der Waals surface area contributed by atoms with Crippen LogP contribution in [0.2, 0.25) is 0 Å². The molecule has 0 aliphatic carbocycles. The van der Waals surface area contributed by atoms with E-state index in [1.807, 2.05) is 68.4 Å². The van der Waals surface area contributed by atoms with Crippen LogP contribution in [0.1, 0.15) is 44.4 Å². The van der Waals surface area contributed by atoms with Crippen molar-refractivity contribution < 1.29 is 9.59 Å². The van der Waals surface area contributed by atoms with E-state index in [9.17, 15) is 9.59 Å². The lowest BCUT2D eigenvalue weighted by atomic mass is 10.1. The van der Waals surface area contributed by atoms with Gasteiger partial charge >= 0.3 is 6.03 Å². The van der Waals surface area contributed by atoms with Crippen LogP contribution in [0.25, 0.3) is 0 Å². The number of anilines is 1. The van der Waals surface area contributed by atoms with Gasteiger partial charge in [0.05, 0.1) is 6.04 Å². The Labute approximate surface area is 168 Å². The summed E-state index contributed by atoms with van der Waals surface area (Å²) in [6.45, 7) is 9.04. The largest absolute Gasteiger partial charge is 0.350 e. The molecule has 0 fully saturated rings. The number of benzene rings is 2. The van der Waals surface area contributed by atoms with Crippen LogP contribution in [0.3, 0.4) is 0 Å². The number of carbonyl (C=O) groups is 2. The highest BCUT2D eigenvalue weighted by atomic mass is 16.2. The van der Waals surface area contributed by atoms with Crippen LogP contribution >= 0.6 is 0 Å². The van der Waals surface area contributed by atoms with Gasteiger partial charge in [0, 0.05) is 25.2 Å². The average molecular weight is 382 g/mol. The Bertz CT molecular complexity index is 774. The lowest BCUT2D eigenvalue weighted by Crippen LogP contribution is -2.40. The molecule has 2 aromatic rings. The molecule has 2 aromatic carbocycles. The Morgan fingerprint density at radius 3 is 2.36 bits per heavy atom. The van der Waals surface area contributed by atoms with Crippen LogP contribution in [-0.4, -0.2) is 29.9 Å². The van der Waals surface area contributed by atoms with Crippen molar-refractivity contribution in [2.24, 2.45) is 5.92 Å². The van der Waals surface area contributed by atoms with E-state index < -0.39 is 0 Å². The van der Waals surface area contributed by atoms with Crippen molar-refractivity contribution in [3.8, 4) is 0 Å². The van der Waals surface area contributed by atoms with E-state index in [1.54, 1.807) is 4.90 Å². The van der Waals surface area contributed by atoms with E-state index in [0.29, 0.717) is 19.0 Å². The van der Waals surface area contributed by atoms with E-state index in [2.05, 4.69) is 24.5 Å². The molecule has 0 spiro atoms. The number of amides is 3. The average Bonchev–Trinajstić information content (AvgIpc) is 2.65. The molecular formula is C23H31N3O2. The third kappa shape index (κ3) is 7.06. The predicted octanol–water partition coefficient (Wildman–Crippen LogP) is 4.75. The van der Waals surface area contributed by atoms with E-state index in [1.165, 1.54) is 0 Å². The van der Waals surface area contributed by atoms with Gasteiger partial charge in [-0.2, -0.15) is 0 Å². The predicted molar refractivity (Wildman–Crippen MR) is 114 cm³/mol. The first-order chi connectivity index (χ1) is 13.3. The minimum absolute atomic E-state index is 0.0616. The zero-order valence-corrected chi connectivity index (χ0v) is 17.2. The monoisotopic (exact) mass is 381 g/mol. The standard InChI is InChI=1S/C23H31N3O2/c1-17(2)16-26(23(28)25-21-12-8-9-18(3)15-21)14-13-22(27)24-19(4)20-10-6-5-7-11-20/h5-12,15,17,19H,13-14,16H2,1-4H3,(H,24,27)(H,25,28)/t19-/m1/s1. The Kier molecular flexibility index (Phi) is 8.05. The Balaban J connectivity index is 1.91. The van der Waals surface area contributed by atoms with Crippen LogP contribution in [-0.2, 0) is 4.79 Å². The fraction of sp³-hybridized carbons (Fsp3) is 0.391. The third-order valence-electron chi connectivity index (χ3n) is 4.43. The van der Waals surface area contributed by atoms with Gasteiger partial charge < -0.3 is 15.5 Å². The first-order valence-electron chi connectivity index (χ1n) is 9.82. The molecule has 2 N–H and O–H groups in total. The van der Waals surface area contributed by atoms with Crippen molar-refractivity contribution >= 4 is 17.6 Å². The van der Waals surface area contributed by atoms with Crippen LogP contribution in [0, 0.1) is 12.8 Å². The van der Waals surface area contributed by atoms with Crippen molar-refractivity contribution in [3.63, 3.8) is 0 Å². The van der Waals surface area contributed by atoms with Gasteiger partial charge in [0.2, 0.25) is 5.91 Å². The minimum Gasteiger partial charge on any atom is -0.350 e. The molecule has 2 rings (SSSR count). The second-order valence-electron chi connectivity index (χ2n) is 7.59. The summed E-state index contributed by atoms with van der Waals surface area (Å²) in [5.74, 6) is 0.253. The molecule has 0 saturated carbocycles. The van der Waals surface area contributed by atoms with Gasteiger partial charge in [-0.3, -0.25) is 4.79 Å². The van der Waals surface area contributed by atoms with Gasteiger partial charge in [-0.25, -0.2) is 4.79 Å². The van der Waals surface area contributed by atoms with Gasteiger partial charge in [0.15, 0.2) is 0 Å². The Morgan fingerprint density at radius 1 is 1.00 bits per heavy atom. The van der Waals surface area contributed by atoms with Crippen molar-refractivity contribution in [2.45, 2.75) is 40.2 Å². The molecule has 0 aliphatic heterocycles. The first-order valence-corrected chi connectivity index (χ1v) is 9.82. The van der Waals surface area contributed by atoms with Crippen molar-refractivity contribution in [3.05, 3.63) is 65.7 Å². The van der Waals surface area contributed by atoms with Crippen molar-refractivity contribution in [1.82, 2.24) is 10.2 Å². The highest BCUT2D eigenvalue weighted by Gasteiger charge is 2.17. The highest BCUT2D eigenvalue weighted by Crippen LogP contribution is 2.13. The Hall–Kier alpha value is -2.82. The summed E-state index contributed by atoms with van der Waals surface area (Å²) in [6, 6.07) is 17.3. The molecule has 0 heterocycles. The first kappa shape index (κ1) is 21.5. The van der Waals surface area contributed by atoms with E-state index in [0.717, 1.165) is 16.8 Å². The molecule has 0 unspecified atom stereocenters. The molecule has 0 saturated heterocycles. The lowest BCUT2D eigenvalue weighted by Gasteiger charge is -2.25. The third-order valence-corrected chi connectivity index (χ3v) is 4.43. The summed E-state index contributed by atoms with van der Waals surface area (Å²) in [6.07, 6.45) is 0.269. The van der Waals surface area contributed by atoms with Crippen LogP contribution < -0.4 is 10.6 Å². The minimum atomic E-state index is -0.178. The lowest BCUT2D eigenvalue weighted by molar-refractivity contribution is -0.121. The summed E-state index contributed by atoms with van der Waals surface area (Å²) in [5, 5.41) is 5.94. The van der Waals surface area contributed by atoms with Gasteiger partial charge in [0.25, 0.3) is 0 Å². The van der Waals surface area contributed by atoms with Crippen molar-refractivity contribution in [2.75, 3.05) is 18.4 Å². The molecule has 28 heavy (non-hydrogen) atoms. The number of carbonyl (C=O) groups excluding carboxylic acids is 2. The number of hydrogen-bond donors (Lipinski definition) is 2. The quantitative estimate of drug-likeness (QED) is 0.693. The maximum atomic E-state index is 12.7. The summed E-state index contributed by atoms with van der Waals surface area (Å²) in [4.78, 5) is 26.8. The molecular weight excluding hydrogens is 350 g/mol. The summed E-state index contributed by atoms with van der Waals surface area (Å²) < 4.78 is 0. The molecule has 1 atom stereocenters. The molecule has 0 aliphatic rings. The van der Waals surface area contributed by atoms with Crippen molar-refractivity contribution in [1.29, 1.82) is 0 Å². The van der Waals surface area contributed by atoms with Gasteiger partial charge in [-0.15, -0.1) is 0 Å². The number of nitrogens with zero attached hydrogens (tertiary/aromatic N) is 1. The topological polar surface area (TPSA) is 61.4 Å². The number of rotatable bonds is 8. The Morgan fingerprint density at radius 2 is 1.71 bits per heavy atom. The van der Waals surface area contributed by atoms with Crippen LogP contribution in [0.4, 0.5) is 10.5 Å². The molecule has 0 radical (unpaired) electrons. The van der Waals surface area contributed by atoms with E-state index >= 15 is 0 Å². The van der Waals surface area contributed by atoms with E-state index in [4.69, 9.17) is 0 Å². The number of hydrogen-bond acceptors (Lipinski definition) is 2. The van der Waals surface area contributed by atoms with Gasteiger partial charge in [-0.05, 0) is 43.0 Å². The van der Waals surface area contributed by atoms with Gasteiger partial charge in [0.1, 0.15) is 0 Å². The number of urea groups is 1. The molecule has 5 nitrogen and oxygen atoms in total. The fourth-order valence-electron chi connectivity index (χ4n) is 3.02. The second kappa shape index (κ2) is 10.5. The second-order valence-corrected chi connectivity index (χ2v) is 7.59.